The topological polar surface area (TPSA) is 122 Å². The lowest BCUT2D eigenvalue weighted by Gasteiger charge is -2.22. The zero-order valence-corrected chi connectivity index (χ0v) is 18.4. The number of benzene rings is 2. The molecule has 3 atom stereocenters. The van der Waals surface area contributed by atoms with Gasteiger partial charge in [0.15, 0.2) is 6.61 Å². The first-order chi connectivity index (χ1) is 16.4. The van der Waals surface area contributed by atoms with Gasteiger partial charge in [-0.2, -0.15) is 0 Å². The highest BCUT2D eigenvalue weighted by Crippen LogP contribution is 2.40. The standard InChI is InChI=1S/C25H23N3O6/c1-15-6-5-9-19-21(15)24(32)28(23(19)31)18-12-10-17(11-13-18)25(33)34-14-20(29)26-27-22(30)16-7-3-2-4-8-16/h2-8,10-13,15,19,21H,9,14H2,1H3,(H,26,29)(H,27,30)/t15-,19+,21+/m1/s1. The SMILES string of the molecule is C[C@@H]1C=CC[C@@H]2C(=O)N(c3ccc(C(=O)OCC(=O)NNC(=O)c4ccccc4)cc3)C(=O)[C@@H]12. The summed E-state index contributed by atoms with van der Waals surface area (Å²) in [6.45, 7) is 1.32. The van der Waals surface area contributed by atoms with E-state index in [1.54, 1.807) is 30.3 Å². The summed E-state index contributed by atoms with van der Waals surface area (Å²) in [6, 6.07) is 14.2. The van der Waals surface area contributed by atoms with Crippen LogP contribution in [0.1, 0.15) is 34.1 Å². The summed E-state index contributed by atoms with van der Waals surface area (Å²) >= 11 is 0. The minimum absolute atomic E-state index is 0.0157. The molecule has 2 aliphatic rings. The van der Waals surface area contributed by atoms with Crippen LogP contribution < -0.4 is 15.8 Å². The second kappa shape index (κ2) is 9.70. The van der Waals surface area contributed by atoms with E-state index in [9.17, 15) is 24.0 Å². The van der Waals surface area contributed by atoms with Crippen LogP contribution in [0.4, 0.5) is 5.69 Å². The Morgan fingerprint density at radius 2 is 1.65 bits per heavy atom. The van der Waals surface area contributed by atoms with Crippen molar-refractivity contribution in [3.05, 3.63) is 77.9 Å². The van der Waals surface area contributed by atoms with E-state index in [-0.39, 0.29) is 35.1 Å². The summed E-state index contributed by atoms with van der Waals surface area (Å²) in [5.74, 6) is -3.22. The van der Waals surface area contributed by atoms with Gasteiger partial charge in [-0.05, 0) is 48.7 Å². The van der Waals surface area contributed by atoms with Crippen LogP contribution in [0.15, 0.2) is 66.7 Å². The van der Waals surface area contributed by atoms with Gasteiger partial charge in [0.2, 0.25) is 11.8 Å². The molecule has 0 spiro atoms. The van der Waals surface area contributed by atoms with Crippen molar-refractivity contribution in [2.75, 3.05) is 11.5 Å². The fourth-order valence-corrected chi connectivity index (χ4v) is 4.19. The summed E-state index contributed by atoms with van der Waals surface area (Å²) in [5, 5.41) is 0. The number of carbonyl (C=O) groups is 5. The number of fused-ring (bicyclic) bond motifs is 1. The maximum atomic E-state index is 12.9. The number of nitrogens with zero attached hydrogens (tertiary/aromatic N) is 1. The number of amides is 4. The second-order valence-corrected chi connectivity index (χ2v) is 8.16. The number of carbonyl (C=O) groups excluding carboxylic acids is 5. The van der Waals surface area contributed by atoms with Gasteiger partial charge in [-0.25, -0.2) is 4.79 Å². The summed E-state index contributed by atoms with van der Waals surface area (Å²) in [4.78, 5) is 62.9. The molecule has 0 bridgehead atoms. The molecule has 174 valence electrons. The summed E-state index contributed by atoms with van der Waals surface area (Å²) in [6.07, 6.45) is 4.43. The average Bonchev–Trinajstić information content (AvgIpc) is 3.12. The summed E-state index contributed by atoms with van der Waals surface area (Å²) in [7, 11) is 0. The van der Waals surface area contributed by atoms with E-state index < -0.39 is 24.4 Å². The van der Waals surface area contributed by atoms with Crippen LogP contribution in [0.3, 0.4) is 0 Å². The molecule has 4 rings (SSSR count). The van der Waals surface area contributed by atoms with Crippen LogP contribution in [0.5, 0.6) is 0 Å². The van der Waals surface area contributed by atoms with Crippen LogP contribution in [0, 0.1) is 17.8 Å². The van der Waals surface area contributed by atoms with Crippen molar-refractivity contribution in [1.82, 2.24) is 10.9 Å². The smallest absolute Gasteiger partial charge is 0.338 e. The van der Waals surface area contributed by atoms with Crippen molar-refractivity contribution >= 4 is 35.3 Å². The average molecular weight is 461 g/mol. The number of hydrogen-bond acceptors (Lipinski definition) is 6. The molecule has 1 heterocycles. The van der Waals surface area contributed by atoms with Gasteiger partial charge in [-0.15, -0.1) is 0 Å². The van der Waals surface area contributed by atoms with Gasteiger partial charge in [0.1, 0.15) is 0 Å². The fraction of sp³-hybridized carbons (Fsp3) is 0.240. The Balaban J connectivity index is 1.30. The van der Waals surface area contributed by atoms with Crippen LogP contribution in [-0.2, 0) is 19.1 Å². The Labute approximate surface area is 195 Å². The number of ether oxygens (including phenoxy) is 1. The van der Waals surface area contributed by atoms with E-state index in [0.717, 1.165) is 0 Å². The molecule has 4 amide bonds. The molecule has 1 aliphatic heterocycles. The molecule has 1 aliphatic carbocycles. The van der Waals surface area contributed by atoms with Gasteiger partial charge in [0.25, 0.3) is 11.8 Å². The number of anilines is 1. The van der Waals surface area contributed by atoms with E-state index >= 15 is 0 Å². The van der Waals surface area contributed by atoms with Crippen molar-refractivity contribution < 1.29 is 28.7 Å². The first kappa shape index (κ1) is 22.9. The van der Waals surface area contributed by atoms with Gasteiger partial charge in [0, 0.05) is 5.56 Å². The molecule has 1 saturated heterocycles. The lowest BCUT2D eigenvalue weighted by molar-refractivity contribution is -0.125. The molecular weight excluding hydrogens is 438 g/mol. The van der Waals surface area contributed by atoms with Gasteiger partial charge in [0.05, 0.1) is 23.1 Å². The highest BCUT2D eigenvalue weighted by Gasteiger charge is 2.50. The first-order valence-corrected chi connectivity index (χ1v) is 10.8. The van der Waals surface area contributed by atoms with Crippen LogP contribution in [0.2, 0.25) is 0 Å². The van der Waals surface area contributed by atoms with E-state index in [1.165, 1.54) is 29.2 Å². The Bertz CT molecular complexity index is 1160. The minimum atomic E-state index is -0.762. The zero-order chi connectivity index (χ0) is 24.2. The van der Waals surface area contributed by atoms with Gasteiger partial charge in [-0.3, -0.25) is 34.9 Å². The van der Waals surface area contributed by atoms with Gasteiger partial charge in [-0.1, -0.05) is 37.3 Å². The highest BCUT2D eigenvalue weighted by atomic mass is 16.5. The summed E-state index contributed by atoms with van der Waals surface area (Å²) in [5.41, 5.74) is 5.29. The fourth-order valence-electron chi connectivity index (χ4n) is 4.19. The third kappa shape index (κ3) is 4.59. The van der Waals surface area contributed by atoms with Crippen molar-refractivity contribution in [3.63, 3.8) is 0 Å². The number of nitrogens with one attached hydrogen (secondary N) is 2. The molecule has 0 aromatic heterocycles. The number of hydrazine groups is 1. The molecular formula is C25H23N3O6. The summed E-state index contributed by atoms with van der Waals surface area (Å²) < 4.78 is 4.97. The maximum absolute atomic E-state index is 12.9. The second-order valence-electron chi connectivity index (χ2n) is 8.16. The molecule has 2 aromatic rings. The Kier molecular flexibility index (Phi) is 6.53. The molecule has 2 aromatic carbocycles. The number of hydrogen-bond donors (Lipinski definition) is 2. The Hall–Kier alpha value is -4.27. The third-order valence-corrected chi connectivity index (χ3v) is 5.92. The van der Waals surface area contributed by atoms with Crippen molar-refractivity contribution in [1.29, 1.82) is 0 Å². The van der Waals surface area contributed by atoms with Crippen molar-refractivity contribution in [3.8, 4) is 0 Å². The van der Waals surface area contributed by atoms with Gasteiger partial charge >= 0.3 is 5.97 Å². The van der Waals surface area contributed by atoms with Crippen molar-refractivity contribution in [2.24, 2.45) is 17.8 Å². The minimum Gasteiger partial charge on any atom is -0.452 e. The number of imide groups is 1. The van der Waals surface area contributed by atoms with E-state index in [2.05, 4.69) is 10.9 Å². The molecule has 0 saturated carbocycles. The molecule has 1 fully saturated rings. The van der Waals surface area contributed by atoms with E-state index in [4.69, 9.17) is 4.74 Å². The van der Waals surface area contributed by atoms with Crippen molar-refractivity contribution in [2.45, 2.75) is 13.3 Å². The highest BCUT2D eigenvalue weighted by molar-refractivity contribution is 6.22. The molecule has 9 heteroatoms. The lowest BCUT2D eigenvalue weighted by Crippen LogP contribution is -2.43. The number of esters is 1. The van der Waals surface area contributed by atoms with E-state index in [1.807, 2.05) is 19.1 Å². The maximum Gasteiger partial charge on any atom is 0.338 e. The number of allylic oxidation sites excluding steroid dienone is 2. The first-order valence-electron chi connectivity index (χ1n) is 10.8. The third-order valence-electron chi connectivity index (χ3n) is 5.92. The Morgan fingerprint density at radius 3 is 2.32 bits per heavy atom. The molecule has 0 radical (unpaired) electrons. The number of rotatable bonds is 5. The van der Waals surface area contributed by atoms with E-state index in [0.29, 0.717) is 17.7 Å². The predicted molar refractivity (Wildman–Crippen MR) is 121 cm³/mol. The lowest BCUT2D eigenvalue weighted by atomic mass is 9.78. The van der Waals surface area contributed by atoms with Crippen LogP contribution in [0.25, 0.3) is 0 Å². The monoisotopic (exact) mass is 461 g/mol. The predicted octanol–water partition coefficient (Wildman–Crippen LogP) is 2.01. The molecule has 34 heavy (non-hydrogen) atoms. The zero-order valence-electron chi connectivity index (χ0n) is 18.4. The van der Waals surface area contributed by atoms with Gasteiger partial charge < -0.3 is 4.74 Å². The molecule has 2 N–H and O–H groups in total. The normalized spacial score (nSPS) is 21.1. The van der Waals surface area contributed by atoms with Crippen LogP contribution in [-0.4, -0.2) is 36.2 Å². The largest absolute Gasteiger partial charge is 0.452 e. The quantitative estimate of drug-likeness (QED) is 0.304. The molecule has 0 unspecified atom stereocenters. The van der Waals surface area contributed by atoms with Crippen LogP contribution >= 0.6 is 0 Å². The molecule has 9 nitrogen and oxygen atoms in total. The Morgan fingerprint density at radius 1 is 0.941 bits per heavy atom.